The lowest BCUT2D eigenvalue weighted by Crippen LogP contribution is -2.56. The molecule has 0 saturated carbocycles. The van der Waals surface area contributed by atoms with Crippen molar-refractivity contribution in [2.45, 2.75) is 90.8 Å². The second-order valence-corrected chi connectivity index (χ2v) is 15.3. The summed E-state index contributed by atoms with van der Waals surface area (Å²) in [6.07, 6.45) is 0.886. The molecular formula is C20H40N2O3Si. The minimum Gasteiger partial charge on any atom is -0.444 e. The first-order valence-corrected chi connectivity index (χ1v) is 13.0. The van der Waals surface area contributed by atoms with Gasteiger partial charge in [-0.05, 0) is 51.9 Å². The average Bonchev–Trinajstić information content (AvgIpc) is 2.77. The van der Waals surface area contributed by atoms with E-state index >= 15 is 0 Å². The second kappa shape index (κ2) is 7.44. The molecule has 2 atom stereocenters. The average molecular weight is 385 g/mol. The molecule has 5 nitrogen and oxygen atoms in total. The van der Waals surface area contributed by atoms with Gasteiger partial charge in [0.1, 0.15) is 5.60 Å². The Labute approximate surface area is 161 Å². The molecule has 6 heteroatoms. The fourth-order valence-electron chi connectivity index (χ4n) is 3.59. The van der Waals surface area contributed by atoms with Crippen molar-refractivity contribution in [2.75, 3.05) is 26.2 Å². The summed E-state index contributed by atoms with van der Waals surface area (Å²) in [5, 5.41) is 0.178. The number of carbonyl (C=O) groups excluding carboxylic acids is 1. The van der Waals surface area contributed by atoms with Crippen molar-refractivity contribution in [1.82, 2.24) is 9.80 Å². The van der Waals surface area contributed by atoms with Crippen LogP contribution in [0.2, 0.25) is 18.1 Å². The van der Waals surface area contributed by atoms with Crippen LogP contribution in [-0.4, -0.2) is 68.1 Å². The fraction of sp³-hybridized carbons (Fsp3) is 0.950. The summed E-state index contributed by atoms with van der Waals surface area (Å²) in [6.45, 7) is 23.3. The van der Waals surface area contributed by atoms with Gasteiger partial charge in [-0.15, -0.1) is 0 Å². The van der Waals surface area contributed by atoms with Gasteiger partial charge in [0.25, 0.3) is 0 Å². The highest BCUT2D eigenvalue weighted by Crippen LogP contribution is 2.40. The fourth-order valence-corrected chi connectivity index (χ4v) is 4.95. The normalized spacial score (nSPS) is 26.1. The Balaban J connectivity index is 2.09. The van der Waals surface area contributed by atoms with Crippen LogP contribution in [0.15, 0.2) is 0 Å². The van der Waals surface area contributed by atoms with Gasteiger partial charge >= 0.3 is 6.09 Å². The van der Waals surface area contributed by atoms with Crippen molar-refractivity contribution in [3.8, 4) is 0 Å². The number of hydrogen-bond acceptors (Lipinski definition) is 4. The summed E-state index contributed by atoms with van der Waals surface area (Å²) in [5.74, 6) is 0.537. The maximum Gasteiger partial charge on any atom is 0.410 e. The zero-order chi connectivity index (χ0) is 19.9. The largest absolute Gasteiger partial charge is 0.444 e. The third-order valence-electron chi connectivity index (χ3n) is 6.18. The van der Waals surface area contributed by atoms with E-state index in [1.807, 2.05) is 25.7 Å². The van der Waals surface area contributed by atoms with E-state index in [-0.39, 0.29) is 23.3 Å². The maximum atomic E-state index is 12.8. The van der Waals surface area contributed by atoms with E-state index in [1.54, 1.807) is 0 Å². The van der Waals surface area contributed by atoms with Crippen LogP contribution in [0, 0.1) is 5.92 Å². The third kappa shape index (κ3) is 5.02. The molecule has 0 aromatic carbocycles. The van der Waals surface area contributed by atoms with Gasteiger partial charge in [0.05, 0.1) is 6.10 Å². The highest BCUT2D eigenvalue weighted by molar-refractivity contribution is 6.74. The number of likely N-dealkylation sites (tertiary alicyclic amines) is 2. The van der Waals surface area contributed by atoms with Crippen molar-refractivity contribution in [2.24, 2.45) is 5.92 Å². The molecular weight excluding hydrogens is 344 g/mol. The van der Waals surface area contributed by atoms with Crippen molar-refractivity contribution >= 4 is 14.4 Å². The standard InChI is InChI=1S/C20H40N2O3Si/c1-10-21-12-15(13-21)17-11-16(25-26(8,9)20(5,6)7)14-22(17)18(23)24-19(2,3)4/h15-17H,10-14H2,1-9H3/t16-,17+/m1/s1. The highest BCUT2D eigenvalue weighted by Gasteiger charge is 2.48. The van der Waals surface area contributed by atoms with Gasteiger partial charge in [-0.1, -0.05) is 27.7 Å². The van der Waals surface area contributed by atoms with Gasteiger partial charge in [0.2, 0.25) is 0 Å². The van der Waals surface area contributed by atoms with Crippen LogP contribution in [0.25, 0.3) is 0 Å². The molecule has 152 valence electrons. The summed E-state index contributed by atoms with van der Waals surface area (Å²) < 4.78 is 12.4. The maximum absolute atomic E-state index is 12.8. The smallest absolute Gasteiger partial charge is 0.410 e. The summed E-state index contributed by atoms with van der Waals surface area (Å²) in [6, 6.07) is 0.238. The molecule has 0 aliphatic carbocycles. The second-order valence-electron chi connectivity index (χ2n) is 10.5. The molecule has 2 heterocycles. The van der Waals surface area contributed by atoms with E-state index in [0.717, 1.165) is 26.1 Å². The van der Waals surface area contributed by atoms with Gasteiger partial charge in [-0.2, -0.15) is 0 Å². The molecule has 2 aliphatic rings. The number of amides is 1. The Hall–Kier alpha value is -0.593. The van der Waals surface area contributed by atoms with E-state index in [4.69, 9.17) is 9.16 Å². The van der Waals surface area contributed by atoms with E-state index in [1.165, 1.54) is 0 Å². The quantitative estimate of drug-likeness (QED) is 0.676. The van der Waals surface area contributed by atoms with Crippen LogP contribution in [0.1, 0.15) is 54.9 Å². The Morgan fingerprint density at radius 2 is 1.65 bits per heavy atom. The lowest BCUT2D eigenvalue weighted by atomic mass is 9.89. The SMILES string of the molecule is CCN1CC([C@@H]2C[C@@H](O[Si](C)(C)C(C)(C)C)CN2C(=O)OC(C)(C)C)C1. The molecule has 0 spiro atoms. The lowest BCUT2D eigenvalue weighted by Gasteiger charge is -2.44. The van der Waals surface area contributed by atoms with Crippen molar-refractivity contribution in [1.29, 1.82) is 0 Å². The molecule has 2 aliphatic heterocycles. The number of hydrogen-bond donors (Lipinski definition) is 0. The summed E-state index contributed by atoms with van der Waals surface area (Å²) in [7, 11) is -1.85. The molecule has 0 bridgehead atoms. The Kier molecular flexibility index (Phi) is 6.21. The number of ether oxygens (including phenoxy) is 1. The van der Waals surface area contributed by atoms with E-state index < -0.39 is 13.9 Å². The topological polar surface area (TPSA) is 42.0 Å². The summed E-state index contributed by atoms with van der Waals surface area (Å²) in [4.78, 5) is 17.2. The van der Waals surface area contributed by atoms with Crippen molar-refractivity contribution < 1.29 is 14.0 Å². The Morgan fingerprint density at radius 1 is 1.08 bits per heavy atom. The first-order chi connectivity index (χ1) is 11.7. The minimum absolute atomic E-state index is 0.129. The molecule has 0 aromatic rings. The van der Waals surface area contributed by atoms with Crippen LogP contribution in [0.3, 0.4) is 0 Å². The predicted molar refractivity (Wildman–Crippen MR) is 109 cm³/mol. The predicted octanol–water partition coefficient (Wildman–Crippen LogP) is 4.34. The molecule has 26 heavy (non-hydrogen) atoms. The van der Waals surface area contributed by atoms with Gasteiger partial charge in [0.15, 0.2) is 8.32 Å². The van der Waals surface area contributed by atoms with Crippen LogP contribution in [-0.2, 0) is 9.16 Å². The van der Waals surface area contributed by atoms with Gasteiger partial charge < -0.3 is 19.0 Å². The molecule has 1 amide bonds. The summed E-state index contributed by atoms with van der Waals surface area (Å²) >= 11 is 0. The first-order valence-electron chi connectivity index (χ1n) is 10.1. The number of carbonyl (C=O) groups is 1. The molecule has 0 aromatic heterocycles. The molecule has 2 rings (SSSR count). The van der Waals surface area contributed by atoms with Crippen LogP contribution < -0.4 is 0 Å². The minimum atomic E-state index is -1.85. The lowest BCUT2D eigenvalue weighted by molar-refractivity contribution is -0.000917. The van der Waals surface area contributed by atoms with Gasteiger partial charge in [0, 0.05) is 31.6 Å². The summed E-state index contributed by atoms with van der Waals surface area (Å²) in [5.41, 5.74) is -0.463. The van der Waals surface area contributed by atoms with Crippen LogP contribution >= 0.6 is 0 Å². The molecule has 2 fully saturated rings. The van der Waals surface area contributed by atoms with Crippen molar-refractivity contribution in [3.63, 3.8) is 0 Å². The van der Waals surface area contributed by atoms with Crippen LogP contribution in [0.5, 0.6) is 0 Å². The number of rotatable bonds is 4. The Morgan fingerprint density at radius 3 is 2.12 bits per heavy atom. The third-order valence-corrected chi connectivity index (χ3v) is 10.7. The molecule has 0 unspecified atom stereocenters. The van der Waals surface area contributed by atoms with E-state index in [2.05, 4.69) is 45.7 Å². The monoisotopic (exact) mass is 384 g/mol. The molecule has 0 radical (unpaired) electrons. The van der Waals surface area contributed by atoms with Gasteiger partial charge in [-0.3, -0.25) is 0 Å². The van der Waals surface area contributed by atoms with E-state index in [9.17, 15) is 4.79 Å². The first kappa shape index (κ1) is 21.7. The van der Waals surface area contributed by atoms with E-state index in [0.29, 0.717) is 12.5 Å². The van der Waals surface area contributed by atoms with Crippen LogP contribution in [0.4, 0.5) is 4.79 Å². The number of nitrogens with zero attached hydrogens (tertiary/aromatic N) is 2. The van der Waals surface area contributed by atoms with Gasteiger partial charge in [-0.25, -0.2) is 4.79 Å². The zero-order valence-electron chi connectivity index (χ0n) is 18.4. The molecule has 0 N–H and O–H groups in total. The zero-order valence-corrected chi connectivity index (χ0v) is 19.4. The Bertz CT molecular complexity index is 504. The van der Waals surface area contributed by atoms with Crippen molar-refractivity contribution in [3.05, 3.63) is 0 Å². The molecule has 2 saturated heterocycles. The highest BCUT2D eigenvalue weighted by atomic mass is 28.4.